The molecule has 0 N–H and O–H groups in total. The molecule has 0 heterocycles. The van der Waals surface area contributed by atoms with Crippen LogP contribution in [0.3, 0.4) is 0 Å². The molecule has 0 aliphatic rings. The fraction of sp³-hybridized carbons (Fsp3) is 0.750. The van der Waals surface area contributed by atoms with Crippen molar-refractivity contribution in [3.63, 3.8) is 0 Å². The van der Waals surface area contributed by atoms with Gasteiger partial charge >= 0.3 is 5.97 Å². The maximum Gasteiger partial charge on any atom is 0.340 e. The first-order valence-electron chi connectivity index (χ1n) is 7.43. The van der Waals surface area contributed by atoms with Crippen LogP contribution >= 0.6 is 0 Å². The smallest absolute Gasteiger partial charge is 0.340 e. The van der Waals surface area contributed by atoms with E-state index in [0.29, 0.717) is 6.42 Å². The predicted octanol–water partition coefficient (Wildman–Crippen LogP) is 4.21. The zero-order valence-corrected chi connectivity index (χ0v) is 12.5. The van der Waals surface area contributed by atoms with Crippen molar-refractivity contribution in [3.05, 3.63) is 12.2 Å². The number of ketones is 1. The lowest BCUT2D eigenvalue weighted by Gasteiger charge is -2.03. The Balaban J connectivity index is 3.42. The Hall–Kier alpha value is -1.12. The standard InChI is InChI=1S/C16H28O3/c1-4-5-6-7-8-9-10-11-12-13-15(17)14(2)16(18)19-3/h2,4-13H2,1,3H3. The second kappa shape index (κ2) is 11.9. The maximum atomic E-state index is 11.6. The first kappa shape index (κ1) is 17.9. The molecule has 0 spiro atoms. The normalized spacial score (nSPS) is 10.2. The highest BCUT2D eigenvalue weighted by molar-refractivity contribution is 6.16. The van der Waals surface area contributed by atoms with Crippen LogP contribution in [0.4, 0.5) is 0 Å². The average Bonchev–Trinajstić information content (AvgIpc) is 2.43. The molecule has 0 aliphatic carbocycles. The Morgan fingerprint density at radius 1 is 0.895 bits per heavy atom. The number of ether oxygens (including phenoxy) is 1. The van der Waals surface area contributed by atoms with Crippen molar-refractivity contribution in [1.82, 2.24) is 0 Å². The molecule has 0 aromatic carbocycles. The summed E-state index contributed by atoms with van der Waals surface area (Å²) < 4.78 is 4.47. The van der Waals surface area contributed by atoms with Crippen LogP contribution in [-0.4, -0.2) is 18.9 Å². The van der Waals surface area contributed by atoms with Crippen molar-refractivity contribution in [1.29, 1.82) is 0 Å². The third-order valence-corrected chi connectivity index (χ3v) is 3.28. The molecule has 0 aromatic heterocycles. The van der Waals surface area contributed by atoms with Gasteiger partial charge in [-0.3, -0.25) is 4.79 Å². The lowest BCUT2D eigenvalue weighted by Crippen LogP contribution is -2.13. The van der Waals surface area contributed by atoms with Crippen molar-refractivity contribution >= 4 is 11.8 Å². The number of methoxy groups -OCH3 is 1. The first-order chi connectivity index (χ1) is 9.13. The topological polar surface area (TPSA) is 43.4 Å². The molecule has 0 aromatic rings. The summed E-state index contributed by atoms with van der Waals surface area (Å²) in [7, 11) is 1.26. The molecule has 0 aliphatic heterocycles. The van der Waals surface area contributed by atoms with Crippen LogP contribution in [0.15, 0.2) is 12.2 Å². The van der Waals surface area contributed by atoms with Crippen molar-refractivity contribution in [3.8, 4) is 0 Å². The molecular weight excluding hydrogens is 240 g/mol. The highest BCUT2D eigenvalue weighted by Gasteiger charge is 2.14. The molecule has 0 saturated heterocycles. The monoisotopic (exact) mass is 268 g/mol. The lowest BCUT2D eigenvalue weighted by atomic mass is 10.0. The molecule has 0 atom stereocenters. The third-order valence-electron chi connectivity index (χ3n) is 3.28. The minimum Gasteiger partial charge on any atom is -0.465 e. The largest absolute Gasteiger partial charge is 0.465 e. The molecule has 0 radical (unpaired) electrons. The molecule has 0 saturated carbocycles. The number of Topliss-reactive ketones (excluding diaryl/α,β-unsaturated/α-hetero) is 1. The maximum absolute atomic E-state index is 11.6. The molecule has 3 nitrogen and oxygen atoms in total. The number of hydrogen-bond acceptors (Lipinski definition) is 3. The molecule has 3 heteroatoms. The van der Waals surface area contributed by atoms with Crippen LogP contribution in [0.1, 0.15) is 71.1 Å². The quantitative estimate of drug-likeness (QED) is 0.175. The molecule has 0 amide bonds. The highest BCUT2D eigenvalue weighted by Crippen LogP contribution is 2.11. The van der Waals surface area contributed by atoms with Gasteiger partial charge in [0.25, 0.3) is 0 Å². The summed E-state index contributed by atoms with van der Waals surface area (Å²) in [4.78, 5) is 22.6. The van der Waals surface area contributed by atoms with E-state index in [1.807, 2.05) is 0 Å². The summed E-state index contributed by atoms with van der Waals surface area (Å²) >= 11 is 0. The van der Waals surface area contributed by atoms with Crippen LogP contribution in [0.25, 0.3) is 0 Å². The minimum absolute atomic E-state index is 0.0259. The number of unbranched alkanes of at least 4 members (excludes halogenated alkanes) is 8. The van der Waals surface area contributed by atoms with Gasteiger partial charge in [0.1, 0.15) is 0 Å². The lowest BCUT2D eigenvalue weighted by molar-refractivity contribution is -0.137. The second-order valence-electron chi connectivity index (χ2n) is 4.97. The summed E-state index contributed by atoms with van der Waals surface area (Å²) in [5.74, 6) is -0.796. The fourth-order valence-electron chi connectivity index (χ4n) is 1.98. The molecule has 0 fully saturated rings. The van der Waals surface area contributed by atoms with Gasteiger partial charge < -0.3 is 4.74 Å². The van der Waals surface area contributed by atoms with Gasteiger partial charge in [0, 0.05) is 6.42 Å². The highest BCUT2D eigenvalue weighted by atomic mass is 16.5. The Kier molecular flexibility index (Phi) is 11.2. The van der Waals surface area contributed by atoms with Gasteiger partial charge in [-0.05, 0) is 6.42 Å². The van der Waals surface area contributed by atoms with E-state index in [2.05, 4.69) is 18.2 Å². The van der Waals surface area contributed by atoms with E-state index in [1.54, 1.807) is 0 Å². The Bertz CT molecular complexity index is 282. The van der Waals surface area contributed by atoms with Crippen LogP contribution in [0.5, 0.6) is 0 Å². The predicted molar refractivity (Wildman–Crippen MR) is 78.0 cm³/mol. The number of rotatable bonds is 12. The van der Waals surface area contributed by atoms with Crippen molar-refractivity contribution in [2.45, 2.75) is 71.1 Å². The van der Waals surface area contributed by atoms with Gasteiger partial charge in [0.05, 0.1) is 12.7 Å². The Morgan fingerprint density at radius 2 is 1.37 bits per heavy atom. The van der Waals surface area contributed by atoms with E-state index in [-0.39, 0.29) is 11.4 Å². The average molecular weight is 268 g/mol. The van der Waals surface area contributed by atoms with Crippen LogP contribution < -0.4 is 0 Å². The summed E-state index contributed by atoms with van der Waals surface area (Å²) in [6.45, 7) is 5.68. The van der Waals surface area contributed by atoms with E-state index < -0.39 is 5.97 Å². The molecule has 0 rings (SSSR count). The van der Waals surface area contributed by atoms with Crippen LogP contribution in [0, 0.1) is 0 Å². The molecule has 110 valence electrons. The van der Waals surface area contributed by atoms with E-state index in [9.17, 15) is 9.59 Å². The summed E-state index contributed by atoms with van der Waals surface area (Å²) in [5, 5.41) is 0. The Morgan fingerprint density at radius 3 is 1.84 bits per heavy atom. The summed E-state index contributed by atoms with van der Waals surface area (Å²) in [6.07, 6.45) is 11.3. The van der Waals surface area contributed by atoms with E-state index in [1.165, 1.54) is 52.1 Å². The molecular formula is C16H28O3. The molecule has 19 heavy (non-hydrogen) atoms. The Labute approximate surface area is 117 Å². The summed E-state index contributed by atoms with van der Waals surface area (Å²) in [6, 6.07) is 0. The minimum atomic E-state index is -0.610. The van der Waals surface area contributed by atoms with Gasteiger partial charge in [-0.15, -0.1) is 0 Å². The zero-order valence-electron chi connectivity index (χ0n) is 12.5. The van der Waals surface area contributed by atoms with Crippen molar-refractivity contribution in [2.75, 3.05) is 7.11 Å². The van der Waals surface area contributed by atoms with Gasteiger partial charge in [0.15, 0.2) is 5.78 Å². The number of esters is 1. The van der Waals surface area contributed by atoms with Crippen LogP contribution in [0.2, 0.25) is 0 Å². The van der Waals surface area contributed by atoms with Gasteiger partial charge in [0.2, 0.25) is 0 Å². The van der Waals surface area contributed by atoms with E-state index >= 15 is 0 Å². The van der Waals surface area contributed by atoms with Crippen molar-refractivity contribution < 1.29 is 14.3 Å². The van der Waals surface area contributed by atoms with Crippen LogP contribution in [-0.2, 0) is 14.3 Å². The van der Waals surface area contributed by atoms with E-state index in [4.69, 9.17) is 0 Å². The van der Waals surface area contributed by atoms with E-state index in [0.717, 1.165) is 12.8 Å². The van der Waals surface area contributed by atoms with Gasteiger partial charge in [-0.25, -0.2) is 4.79 Å². The fourth-order valence-corrected chi connectivity index (χ4v) is 1.98. The first-order valence-corrected chi connectivity index (χ1v) is 7.43. The SMILES string of the molecule is C=C(C(=O)CCCCCCCCCCC)C(=O)OC. The second-order valence-corrected chi connectivity index (χ2v) is 4.97. The van der Waals surface area contributed by atoms with Gasteiger partial charge in [-0.1, -0.05) is 64.9 Å². The van der Waals surface area contributed by atoms with Gasteiger partial charge in [-0.2, -0.15) is 0 Å². The van der Waals surface area contributed by atoms with Crippen molar-refractivity contribution in [2.24, 2.45) is 0 Å². The number of hydrogen-bond donors (Lipinski definition) is 0. The zero-order chi connectivity index (χ0) is 14.5. The molecule has 0 bridgehead atoms. The third kappa shape index (κ3) is 9.46. The summed E-state index contributed by atoms with van der Waals surface area (Å²) in [5.41, 5.74) is -0.0259. The molecule has 0 unspecified atom stereocenters. The number of carbonyl (C=O) groups is 2. The number of carbonyl (C=O) groups excluding carboxylic acids is 2.